The van der Waals surface area contributed by atoms with Gasteiger partial charge in [0.15, 0.2) is 0 Å². The first-order chi connectivity index (χ1) is 17.1. The van der Waals surface area contributed by atoms with Crippen LogP contribution in [0.4, 0.5) is 4.39 Å². The quantitative estimate of drug-likeness (QED) is 0.412. The number of aromatic amines is 1. The molecule has 4 aromatic rings. The number of ether oxygens (including phenoxy) is 3. The zero-order valence-electron chi connectivity index (χ0n) is 18.8. The molecule has 0 saturated heterocycles. The molecular formula is C27H21FN4O3. The summed E-state index contributed by atoms with van der Waals surface area (Å²) in [6.45, 7) is 0.104. The number of fused-ring (bicyclic) bond motifs is 1. The van der Waals surface area contributed by atoms with E-state index in [0.717, 1.165) is 16.9 Å². The molecule has 3 aromatic carbocycles. The average molecular weight is 468 g/mol. The van der Waals surface area contributed by atoms with E-state index in [2.05, 4.69) is 16.3 Å². The van der Waals surface area contributed by atoms with Crippen LogP contribution in [0.25, 0.3) is 11.3 Å². The van der Waals surface area contributed by atoms with Gasteiger partial charge < -0.3 is 19.9 Å². The fraction of sp³-hybridized carbons (Fsp3) is 0.111. The number of nitriles is 1. The Bertz CT molecular complexity index is 1440. The van der Waals surface area contributed by atoms with Gasteiger partial charge in [0.05, 0.1) is 24.3 Å². The Hall–Kier alpha value is -4.77. The molecule has 1 unspecified atom stereocenters. The Balaban J connectivity index is 1.48. The molecule has 8 heteroatoms. The molecule has 3 N–H and O–H groups in total. The number of H-pyrrole nitrogens is 1. The molecule has 1 aliphatic heterocycles. The summed E-state index contributed by atoms with van der Waals surface area (Å²) in [5.74, 6) is 0.810. The van der Waals surface area contributed by atoms with Crippen molar-refractivity contribution < 1.29 is 18.6 Å². The van der Waals surface area contributed by atoms with E-state index in [9.17, 15) is 9.65 Å². The van der Waals surface area contributed by atoms with Crippen molar-refractivity contribution in [2.75, 3.05) is 7.11 Å². The minimum Gasteiger partial charge on any atom is -0.497 e. The van der Waals surface area contributed by atoms with Crippen molar-refractivity contribution in [3.05, 3.63) is 107 Å². The summed E-state index contributed by atoms with van der Waals surface area (Å²) in [6.07, 6.45) is 0. The molecule has 0 spiro atoms. The molecular weight excluding hydrogens is 447 g/mol. The largest absolute Gasteiger partial charge is 0.497 e. The smallest absolute Gasteiger partial charge is 0.244 e. The molecule has 5 rings (SSSR count). The van der Waals surface area contributed by atoms with Crippen LogP contribution in [0, 0.1) is 17.1 Å². The molecule has 0 aliphatic carbocycles. The van der Waals surface area contributed by atoms with E-state index in [-0.39, 0.29) is 23.9 Å². The summed E-state index contributed by atoms with van der Waals surface area (Å²) in [4.78, 5) is 0. The van der Waals surface area contributed by atoms with E-state index < -0.39 is 5.92 Å². The van der Waals surface area contributed by atoms with Crippen LogP contribution >= 0.6 is 0 Å². The SMILES string of the molecule is COc1ccc(-c2[nH]nc3c2C(c2ccc(OCc4ccccc4F)cc2)C(C#N)=C(N)O3)cc1. The number of nitrogens with one attached hydrogen (secondary N) is 1. The van der Waals surface area contributed by atoms with Crippen molar-refractivity contribution in [1.29, 1.82) is 5.26 Å². The summed E-state index contributed by atoms with van der Waals surface area (Å²) in [6, 6.07) is 23.4. The highest BCUT2D eigenvalue weighted by molar-refractivity contribution is 5.71. The Morgan fingerprint density at radius 3 is 2.46 bits per heavy atom. The van der Waals surface area contributed by atoms with Crippen LogP contribution in [0.5, 0.6) is 17.4 Å². The summed E-state index contributed by atoms with van der Waals surface area (Å²) in [7, 11) is 1.60. The second kappa shape index (κ2) is 9.23. The second-order valence-corrected chi connectivity index (χ2v) is 7.92. The third-order valence-electron chi connectivity index (χ3n) is 5.88. The van der Waals surface area contributed by atoms with Crippen LogP contribution in [0.15, 0.2) is 84.3 Å². The molecule has 0 radical (unpaired) electrons. The number of hydrogen-bond acceptors (Lipinski definition) is 6. The zero-order valence-corrected chi connectivity index (χ0v) is 18.8. The van der Waals surface area contributed by atoms with E-state index in [4.69, 9.17) is 19.9 Å². The molecule has 0 bridgehead atoms. The second-order valence-electron chi connectivity index (χ2n) is 7.92. The number of aromatic nitrogens is 2. The number of methoxy groups -OCH3 is 1. The Morgan fingerprint density at radius 1 is 1.06 bits per heavy atom. The lowest BCUT2D eigenvalue weighted by Gasteiger charge is -2.24. The highest BCUT2D eigenvalue weighted by Gasteiger charge is 2.35. The number of nitrogens with two attached hydrogens (primary N) is 1. The molecule has 0 amide bonds. The number of hydrogen-bond donors (Lipinski definition) is 2. The third kappa shape index (κ3) is 4.15. The normalized spacial score (nSPS) is 14.6. The molecule has 35 heavy (non-hydrogen) atoms. The molecule has 174 valence electrons. The highest BCUT2D eigenvalue weighted by Crippen LogP contribution is 2.46. The predicted octanol–water partition coefficient (Wildman–Crippen LogP) is 5.02. The van der Waals surface area contributed by atoms with E-state index in [0.29, 0.717) is 28.5 Å². The van der Waals surface area contributed by atoms with Gasteiger partial charge in [-0.05, 0) is 48.0 Å². The van der Waals surface area contributed by atoms with Crippen LogP contribution in [-0.2, 0) is 6.61 Å². The maximum Gasteiger partial charge on any atom is 0.244 e. The first kappa shape index (κ1) is 22.0. The van der Waals surface area contributed by atoms with Crippen molar-refractivity contribution in [3.8, 4) is 34.7 Å². The summed E-state index contributed by atoms with van der Waals surface area (Å²) in [5.41, 5.74) is 9.92. The van der Waals surface area contributed by atoms with Gasteiger partial charge in [-0.3, -0.25) is 5.10 Å². The zero-order chi connectivity index (χ0) is 24.4. The Labute approximate surface area is 201 Å². The molecule has 0 fully saturated rings. The summed E-state index contributed by atoms with van der Waals surface area (Å²) >= 11 is 0. The fourth-order valence-electron chi connectivity index (χ4n) is 4.09. The van der Waals surface area contributed by atoms with Gasteiger partial charge in [-0.2, -0.15) is 5.26 Å². The van der Waals surface area contributed by atoms with Crippen LogP contribution in [0.3, 0.4) is 0 Å². The molecule has 7 nitrogen and oxygen atoms in total. The number of allylic oxidation sites excluding steroid dienone is 1. The van der Waals surface area contributed by atoms with E-state index >= 15 is 0 Å². The van der Waals surface area contributed by atoms with Gasteiger partial charge in [0, 0.05) is 11.1 Å². The van der Waals surface area contributed by atoms with E-state index in [1.165, 1.54) is 6.07 Å². The minimum absolute atomic E-state index is 0.0117. The standard InChI is InChI=1S/C27H21FN4O3/c1-33-19-10-8-17(9-11-19)25-24-23(21(14-29)26(30)35-27(24)32-31-25)16-6-12-20(13-7-16)34-15-18-4-2-3-5-22(18)28/h2-13,23H,15,30H2,1H3,(H,31,32). The van der Waals surface area contributed by atoms with Gasteiger partial charge in [-0.1, -0.05) is 30.3 Å². The first-order valence-corrected chi connectivity index (χ1v) is 10.9. The van der Waals surface area contributed by atoms with Crippen molar-refractivity contribution in [2.45, 2.75) is 12.5 Å². The maximum absolute atomic E-state index is 13.9. The summed E-state index contributed by atoms with van der Waals surface area (Å²) in [5, 5.41) is 17.2. The van der Waals surface area contributed by atoms with Crippen LogP contribution < -0.4 is 19.9 Å². The first-order valence-electron chi connectivity index (χ1n) is 10.9. The molecule has 0 saturated carbocycles. The third-order valence-corrected chi connectivity index (χ3v) is 5.88. The van der Waals surface area contributed by atoms with Crippen LogP contribution in [0.1, 0.15) is 22.6 Å². The van der Waals surface area contributed by atoms with Crippen LogP contribution in [-0.4, -0.2) is 17.3 Å². The highest BCUT2D eigenvalue weighted by atomic mass is 19.1. The molecule has 1 atom stereocenters. The van der Waals surface area contributed by atoms with Gasteiger partial charge >= 0.3 is 0 Å². The molecule has 1 aromatic heterocycles. The number of nitrogens with zero attached hydrogens (tertiary/aromatic N) is 2. The predicted molar refractivity (Wildman–Crippen MR) is 127 cm³/mol. The lowest BCUT2D eigenvalue weighted by atomic mass is 9.83. The number of rotatable bonds is 6. The van der Waals surface area contributed by atoms with Gasteiger partial charge in [0.2, 0.25) is 11.8 Å². The number of benzene rings is 3. The fourth-order valence-corrected chi connectivity index (χ4v) is 4.09. The van der Waals surface area contributed by atoms with Gasteiger partial charge in [0.1, 0.15) is 35.6 Å². The Kier molecular flexibility index (Phi) is 5.81. The van der Waals surface area contributed by atoms with E-state index in [1.807, 2.05) is 36.4 Å². The molecule has 2 heterocycles. The van der Waals surface area contributed by atoms with Crippen molar-refractivity contribution in [1.82, 2.24) is 10.2 Å². The average Bonchev–Trinajstić information content (AvgIpc) is 3.31. The monoisotopic (exact) mass is 468 g/mol. The van der Waals surface area contributed by atoms with Gasteiger partial charge in [-0.25, -0.2) is 4.39 Å². The number of halogens is 1. The minimum atomic E-state index is -0.500. The summed E-state index contributed by atoms with van der Waals surface area (Å²) < 4.78 is 30.6. The van der Waals surface area contributed by atoms with Gasteiger partial charge in [0.25, 0.3) is 0 Å². The Morgan fingerprint density at radius 2 is 1.77 bits per heavy atom. The van der Waals surface area contributed by atoms with Crippen molar-refractivity contribution >= 4 is 0 Å². The lowest BCUT2D eigenvalue weighted by Crippen LogP contribution is -2.21. The van der Waals surface area contributed by atoms with Crippen LogP contribution in [0.2, 0.25) is 0 Å². The lowest BCUT2D eigenvalue weighted by molar-refractivity contribution is 0.300. The van der Waals surface area contributed by atoms with Gasteiger partial charge in [-0.15, -0.1) is 5.10 Å². The maximum atomic E-state index is 13.9. The topological polar surface area (TPSA) is 106 Å². The van der Waals surface area contributed by atoms with Crippen molar-refractivity contribution in [2.24, 2.45) is 5.73 Å². The van der Waals surface area contributed by atoms with Crippen molar-refractivity contribution in [3.63, 3.8) is 0 Å². The van der Waals surface area contributed by atoms with E-state index in [1.54, 1.807) is 37.4 Å². The molecule has 1 aliphatic rings.